The first kappa shape index (κ1) is 31.5. The third kappa shape index (κ3) is 10.9. The molecule has 9 nitrogen and oxygen atoms in total. The number of esters is 1. The van der Waals surface area contributed by atoms with Gasteiger partial charge in [-0.05, 0) is 63.0 Å². The van der Waals surface area contributed by atoms with Gasteiger partial charge in [0.05, 0.1) is 6.54 Å². The average Bonchev–Trinajstić information content (AvgIpc) is 3.60. The number of benzene rings is 1. The summed E-state index contributed by atoms with van der Waals surface area (Å²) in [5, 5.41) is 3.64. The van der Waals surface area contributed by atoms with Crippen LogP contribution in [0.5, 0.6) is 0 Å². The van der Waals surface area contributed by atoms with E-state index in [0.29, 0.717) is 19.7 Å². The molecule has 0 aliphatic heterocycles. The van der Waals surface area contributed by atoms with Crippen molar-refractivity contribution in [3.05, 3.63) is 71.8 Å². The second kappa shape index (κ2) is 17.6. The lowest BCUT2D eigenvalue weighted by molar-refractivity contribution is -0.141. The molecule has 220 valence electrons. The highest BCUT2D eigenvalue weighted by Crippen LogP contribution is 2.22. The molecule has 1 aromatic carbocycles. The van der Waals surface area contributed by atoms with E-state index < -0.39 is 0 Å². The van der Waals surface area contributed by atoms with Crippen LogP contribution in [-0.2, 0) is 29.5 Å². The molecule has 0 radical (unpaired) electrons. The van der Waals surface area contributed by atoms with E-state index in [-0.39, 0.29) is 12.0 Å². The fourth-order valence-corrected chi connectivity index (χ4v) is 5.14. The Morgan fingerprint density at radius 2 is 1.77 bits per heavy atom. The van der Waals surface area contributed by atoms with Gasteiger partial charge in [0.1, 0.15) is 18.3 Å². The first-order valence-electron chi connectivity index (χ1n) is 14.8. The van der Waals surface area contributed by atoms with Crippen molar-refractivity contribution >= 4 is 5.97 Å². The first-order chi connectivity index (χ1) is 19.5. The number of aromatic amines is 1. The Balaban J connectivity index is 1.72. The first-order valence-corrected chi connectivity index (χ1v) is 14.8. The zero-order valence-electron chi connectivity index (χ0n) is 24.9. The van der Waals surface area contributed by atoms with E-state index in [9.17, 15) is 4.79 Å². The topological polar surface area (TPSA) is 91.3 Å². The van der Waals surface area contributed by atoms with Crippen LogP contribution in [0.2, 0.25) is 0 Å². The highest BCUT2D eigenvalue weighted by Gasteiger charge is 2.21. The van der Waals surface area contributed by atoms with Crippen molar-refractivity contribution in [1.29, 1.82) is 0 Å². The summed E-state index contributed by atoms with van der Waals surface area (Å²) in [6.07, 6.45) is 12.8. The summed E-state index contributed by atoms with van der Waals surface area (Å²) in [5.41, 5.74) is 2.47. The molecule has 0 bridgehead atoms. The van der Waals surface area contributed by atoms with Gasteiger partial charge in [0.15, 0.2) is 0 Å². The maximum atomic E-state index is 11.6. The molecule has 2 aromatic heterocycles. The quantitative estimate of drug-likeness (QED) is 0.160. The van der Waals surface area contributed by atoms with Crippen LogP contribution in [0.3, 0.4) is 0 Å². The molecular weight excluding hydrogens is 502 g/mol. The van der Waals surface area contributed by atoms with E-state index in [1.807, 2.05) is 30.2 Å². The molecule has 0 spiro atoms. The third-order valence-corrected chi connectivity index (χ3v) is 7.21. The lowest BCUT2D eigenvalue weighted by Gasteiger charge is -2.33. The Kier molecular flexibility index (Phi) is 13.9. The van der Waals surface area contributed by atoms with Crippen molar-refractivity contribution in [2.75, 3.05) is 45.9 Å². The number of imidazole rings is 2. The summed E-state index contributed by atoms with van der Waals surface area (Å²) in [7, 11) is 2.02. The summed E-state index contributed by atoms with van der Waals surface area (Å²) < 4.78 is 7.43. The monoisotopic (exact) mass is 551 g/mol. The second-order valence-corrected chi connectivity index (χ2v) is 10.5. The molecule has 2 heterocycles. The summed E-state index contributed by atoms with van der Waals surface area (Å²) >= 11 is 0. The fraction of sp³-hybridized carbons (Fsp3) is 0.581. The van der Waals surface area contributed by atoms with Gasteiger partial charge in [0.25, 0.3) is 0 Å². The number of ether oxygens (including phenoxy) is 1. The van der Waals surface area contributed by atoms with Gasteiger partial charge in [-0.25, -0.2) is 9.97 Å². The highest BCUT2D eigenvalue weighted by molar-refractivity contribution is 5.65. The molecule has 0 amide bonds. The van der Waals surface area contributed by atoms with Crippen molar-refractivity contribution < 1.29 is 9.53 Å². The Bertz CT molecular complexity index is 1080. The number of rotatable bonds is 20. The number of hydrogen-bond donors (Lipinski definition) is 2. The molecule has 2 N–H and O–H groups in total. The molecule has 9 heteroatoms. The number of nitrogens with zero attached hydrogens (tertiary/aromatic N) is 5. The van der Waals surface area contributed by atoms with E-state index in [4.69, 9.17) is 4.74 Å². The lowest BCUT2D eigenvalue weighted by atomic mass is 10.0. The molecule has 40 heavy (non-hydrogen) atoms. The van der Waals surface area contributed by atoms with Gasteiger partial charge < -0.3 is 24.5 Å². The van der Waals surface area contributed by atoms with Crippen LogP contribution < -0.4 is 5.32 Å². The number of aromatic nitrogens is 4. The third-order valence-electron chi connectivity index (χ3n) is 7.21. The predicted molar refractivity (Wildman–Crippen MR) is 160 cm³/mol. The number of aryl methyl sites for hydroxylation is 1. The minimum Gasteiger partial charge on any atom is -0.465 e. The Hall–Kier alpha value is -3.01. The molecular formula is C31H49N7O2. The van der Waals surface area contributed by atoms with Crippen LogP contribution in [0.15, 0.2) is 49.1 Å². The van der Waals surface area contributed by atoms with Crippen molar-refractivity contribution in [3.63, 3.8) is 0 Å². The van der Waals surface area contributed by atoms with Crippen LogP contribution in [0.4, 0.5) is 0 Å². The standard InChI is InChI=1S/C31H49N7O2/c1-5-16-37(17-6-2)18-7-8-19-38(21-22-40-26(3)39)29(24-32-25-31-35-15-20-36(31)4)28-11-9-27(10-12-28)23-30-33-13-14-34-30/h9-15,20,29,32H,5-8,16-19,21-25H2,1-4H3,(H,33,34). The van der Waals surface area contributed by atoms with Crippen LogP contribution in [-0.4, -0.2) is 81.2 Å². The molecule has 1 unspecified atom stereocenters. The van der Waals surface area contributed by atoms with E-state index in [1.165, 1.54) is 30.9 Å². The Morgan fingerprint density at radius 1 is 1.02 bits per heavy atom. The molecule has 0 aliphatic carbocycles. The number of nitrogens with one attached hydrogen (secondary N) is 2. The van der Waals surface area contributed by atoms with Crippen molar-refractivity contribution in [2.45, 2.75) is 65.5 Å². The molecule has 0 aliphatic rings. The second-order valence-electron chi connectivity index (χ2n) is 10.5. The summed E-state index contributed by atoms with van der Waals surface area (Å²) in [5.74, 6) is 1.73. The maximum Gasteiger partial charge on any atom is 0.302 e. The Labute approximate surface area is 240 Å². The van der Waals surface area contributed by atoms with Crippen LogP contribution in [0.25, 0.3) is 0 Å². The van der Waals surface area contributed by atoms with Crippen molar-refractivity contribution in [2.24, 2.45) is 7.05 Å². The number of unbranched alkanes of at least 4 members (excludes halogenated alkanes) is 1. The average molecular weight is 552 g/mol. The molecule has 1 atom stereocenters. The number of H-pyrrole nitrogens is 1. The van der Waals surface area contributed by atoms with Crippen LogP contribution in [0.1, 0.15) is 75.3 Å². The van der Waals surface area contributed by atoms with Gasteiger partial charge in [-0.15, -0.1) is 0 Å². The van der Waals surface area contributed by atoms with E-state index in [0.717, 1.165) is 63.6 Å². The summed E-state index contributed by atoms with van der Waals surface area (Å²) in [6.45, 7) is 12.9. The zero-order valence-corrected chi connectivity index (χ0v) is 24.9. The van der Waals surface area contributed by atoms with Gasteiger partial charge in [-0.1, -0.05) is 38.1 Å². The zero-order chi connectivity index (χ0) is 28.6. The minimum atomic E-state index is -0.235. The predicted octanol–water partition coefficient (Wildman–Crippen LogP) is 4.33. The van der Waals surface area contributed by atoms with Crippen molar-refractivity contribution in [1.82, 2.24) is 34.6 Å². The van der Waals surface area contributed by atoms with E-state index in [2.05, 4.69) is 68.2 Å². The number of carbonyl (C=O) groups excluding carboxylic acids is 1. The summed E-state index contributed by atoms with van der Waals surface area (Å²) in [4.78, 5) is 28.6. The van der Waals surface area contributed by atoms with Crippen molar-refractivity contribution in [3.8, 4) is 0 Å². The van der Waals surface area contributed by atoms with Crippen LogP contribution >= 0.6 is 0 Å². The molecule has 3 aromatic rings. The maximum absolute atomic E-state index is 11.6. The fourth-order valence-electron chi connectivity index (χ4n) is 5.14. The van der Waals surface area contributed by atoms with Gasteiger partial charge >= 0.3 is 5.97 Å². The Morgan fingerprint density at radius 3 is 2.40 bits per heavy atom. The number of hydrogen-bond acceptors (Lipinski definition) is 7. The van der Waals surface area contributed by atoms with Crippen LogP contribution in [0, 0.1) is 0 Å². The van der Waals surface area contributed by atoms with Gasteiger partial charge in [0.2, 0.25) is 0 Å². The highest BCUT2D eigenvalue weighted by atomic mass is 16.5. The van der Waals surface area contributed by atoms with Gasteiger partial charge in [-0.3, -0.25) is 9.69 Å². The van der Waals surface area contributed by atoms with E-state index in [1.54, 1.807) is 6.20 Å². The van der Waals surface area contributed by atoms with E-state index >= 15 is 0 Å². The number of carbonyl (C=O) groups is 1. The molecule has 3 rings (SSSR count). The normalized spacial score (nSPS) is 12.3. The smallest absolute Gasteiger partial charge is 0.302 e. The lowest BCUT2D eigenvalue weighted by Crippen LogP contribution is -2.39. The molecule has 0 fully saturated rings. The minimum absolute atomic E-state index is 0.135. The SMILES string of the molecule is CCCN(CCC)CCCCN(CCOC(C)=O)C(CNCc1nccn1C)c1ccc(Cc2ncc[nH]2)cc1. The molecule has 0 saturated heterocycles. The van der Waals surface area contributed by atoms with Gasteiger partial charge in [-0.2, -0.15) is 0 Å². The van der Waals surface area contributed by atoms with Gasteiger partial charge in [0, 0.05) is 64.3 Å². The molecule has 0 saturated carbocycles. The summed E-state index contributed by atoms with van der Waals surface area (Å²) in [6, 6.07) is 8.99. The largest absolute Gasteiger partial charge is 0.465 e.